The summed E-state index contributed by atoms with van der Waals surface area (Å²) in [4.78, 5) is 8.24. The molecule has 0 unspecified atom stereocenters. The quantitative estimate of drug-likeness (QED) is 0.615. The van der Waals surface area contributed by atoms with Crippen LogP contribution in [0.3, 0.4) is 0 Å². The van der Waals surface area contributed by atoms with Gasteiger partial charge in [0, 0.05) is 44.6 Å². The van der Waals surface area contributed by atoms with Crippen LogP contribution >= 0.6 is 11.3 Å². The number of nitrogens with zero attached hydrogens (tertiary/aromatic N) is 2. The Balaban J connectivity index is 1.36. The van der Waals surface area contributed by atoms with Crippen LogP contribution in [-0.2, 0) is 19.4 Å². The van der Waals surface area contributed by atoms with Gasteiger partial charge in [-0.25, -0.2) is 4.39 Å². The fourth-order valence-electron chi connectivity index (χ4n) is 3.07. The minimum Gasteiger partial charge on any atom is -0.356 e. The maximum absolute atomic E-state index is 13.6. The number of fused-ring (bicyclic) bond motifs is 1. The average Bonchev–Trinajstić information content (AvgIpc) is 3.09. The molecule has 0 spiro atoms. The summed E-state index contributed by atoms with van der Waals surface area (Å²) < 4.78 is 13.6. The molecule has 2 aromatic rings. The first-order chi connectivity index (χ1) is 12.3. The summed E-state index contributed by atoms with van der Waals surface area (Å²) in [5.74, 6) is 0.620. The van der Waals surface area contributed by atoms with Crippen molar-refractivity contribution in [2.45, 2.75) is 19.4 Å². The normalized spacial score (nSPS) is 15.0. The molecular weight excluding hydrogens is 335 g/mol. The summed E-state index contributed by atoms with van der Waals surface area (Å²) >= 11 is 1.87. The van der Waals surface area contributed by atoms with Gasteiger partial charge in [0.2, 0.25) is 0 Å². The molecule has 0 fully saturated rings. The van der Waals surface area contributed by atoms with Crippen LogP contribution < -0.4 is 10.6 Å². The van der Waals surface area contributed by atoms with Gasteiger partial charge in [0.25, 0.3) is 0 Å². The van der Waals surface area contributed by atoms with Crippen molar-refractivity contribution >= 4 is 17.3 Å². The lowest BCUT2D eigenvalue weighted by Gasteiger charge is -2.27. The first-order valence-electron chi connectivity index (χ1n) is 8.72. The van der Waals surface area contributed by atoms with E-state index in [0.29, 0.717) is 13.0 Å². The summed E-state index contributed by atoms with van der Waals surface area (Å²) in [5.41, 5.74) is 2.20. The van der Waals surface area contributed by atoms with Gasteiger partial charge in [0.15, 0.2) is 5.96 Å². The van der Waals surface area contributed by atoms with Crippen molar-refractivity contribution in [3.8, 4) is 0 Å². The van der Waals surface area contributed by atoms with Crippen LogP contribution in [0.5, 0.6) is 0 Å². The highest BCUT2D eigenvalue weighted by Crippen LogP contribution is 2.23. The van der Waals surface area contributed by atoms with E-state index in [2.05, 4.69) is 32.0 Å². The molecule has 25 heavy (non-hydrogen) atoms. The second-order valence-electron chi connectivity index (χ2n) is 6.16. The molecule has 0 bridgehead atoms. The summed E-state index contributed by atoms with van der Waals surface area (Å²) in [6.45, 7) is 4.65. The Morgan fingerprint density at radius 3 is 2.92 bits per heavy atom. The Morgan fingerprint density at radius 1 is 1.24 bits per heavy atom. The van der Waals surface area contributed by atoms with Crippen LogP contribution in [0, 0.1) is 5.82 Å². The fourth-order valence-corrected chi connectivity index (χ4v) is 3.96. The number of rotatable bonds is 6. The van der Waals surface area contributed by atoms with Gasteiger partial charge in [0.1, 0.15) is 5.82 Å². The number of thiophene rings is 1. The molecule has 1 aliphatic heterocycles. The molecule has 0 radical (unpaired) electrons. The van der Waals surface area contributed by atoms with Gasteiger partial charge < -0.3 is 10.6 Å². The van der Waals surface area contributed by atoms with E-state index in [9.17, 15) is 4.39 Å². The lowest BCUT2D eigenvalue weighted by molar-refractivity contribution is 0.260. The Kier molecular flexibility index (Phi) is 6.42. The van der Waals surface area contributed by atoms with Gasteiger partial charge in [-0.05, 0) is 41.5 Å². The molecule has 2 N–H and O–H groups in total. The lowest BCUT2D eigenvalue weighted by Crippen LogP contribution is -2.43. The van der Waals surface area contributed by atoms with Crippen molar-refractivity contribution in [2.75, 3.05) is 33.2 Å². The second-order valence-corrected chi connectivity index (χ2v) is 7.16. The standard InChI is InChI=1S/C19H25FN4S/c1-21-19(22-9-6-15-4-2-3-5-17(15)20)23-10-12-24-11-7-18-16(14-24)8-13-25-18/h2-5,8,13H,6-7,9-12,14H2,1H3,(H2,21,22,23). The number of benzene rings is 1. The van der Waals surface area contributed by atoms with Crippen LogP contribution in [0.2, 0.25) is 0 Å². The van der Waals surface area contributed by atoms with Gasteiger partial charge in [-0.2, -0.15) is 0 Å². The SMILES string of the molecule is CN=C(NCCc1ccccc1F)NCCN1CCc2sccc2C1. The van der Waals surface area contributed by atoms with Crippen molar-refractivity contribution in [1.29, 1.82) is 0 Å². The van der Waals surface area contributed by atoms with E-state index in [1.165, 1.54) is 16.5 Å². The molecular formula is C19H25FN4S. The Morgan fingerprint density at radius 2 is 2.08 bits per heavy atom. The third kappa shape index (κ3) is 5.03. The van der Waals surface area contributed by atoms with Gasteiger partial charge in [0.05, 0.1) is 0 Å². The smallest absolute Gasteiger partial charge is 0.191 e. The van der Waals surface area contributed by atoms with E-state index in [-0.39, 0.29) is 5.82 Å². The van der Waals surface area contributed by atoms with Crippen LogP contribution in [0.25, 0.3) is 0 Å². The highest BCUT2D eigenvalue weighted by Gasteiger charge is 2.16. The van der Waals surface area contributed by atoms with Gasteiger partial charge in [-0.15, -0.1) is 11.3 Å². The average molecular weight is 361 g/mol. The number of guanidine groups is 1. The zero-order valence-electron chi connectivity index (χ0n) is 14.6. The second kappa shape index (κ2) is 8.97. The summed E-state index contributed by atoms with van der Waals surface area (Å²) in [7, 11) is 1.76. The molecule has 4 nitrogen and oxygen atoms in total. The third-order valence-electron chi connectivity index (χ3n) is 4.48. The Bertz CT molecular complexity index is 713. The minimum absolute atomic E-state index is 0.148. The topological polar surface area (TPSA) is 39.7 Å². The number of hydrogen-bond acceptors (Lipinski definition) is 3. The van der Waals surface area contributed by atoms with Gasteiger partial charge >= 0.3 is 0 Å². The highest BCUT2D eigenvalue weighted by molar-refractivity contribution is 7.10. The zero-order chi connectivity index (χ0) is 17.5. The van der Waals surface area contributed by atoms with E-state index >= 15 is 0 Å². The molecule has 2 heterocycles. The van der Waals surface area contributed by atoms with Crippen LogP contribution in [0.15, 0.2) is 40.7 Å². The summed E-state index contributed by atoms with van der Waals surface area (Å²) in [6.07, 6.45) is 1.79. The highest BCUT2D eigenvalue weighted by atomic mass is 32.1. The summed E-state index contributed by atoms with van der Waals surface area (Å²) in [5, 5.41) is 8.78. The Hall–Kier alpha value is -1.92. The van der Waals surface area contributed by atoms with Gasteiger partial charge in [-0.3, -0.25) is 9.89 Å². The minimum atomic E-state index is -0.148. The van der Waals surface area contributed by atoms with Crippen molar-refractivity contribution < 1.29 is 4.39 Å². The molecule has 0 aliphatic carbocycles. The van der Waals surface area contributed by atoms with Crippen LogP contribution in [0.4, 0.5) is 4.39 Å². The molecule has 0 saturated carbocycles. The molecule has 6 heteroatoms. The van der Waals surface area contributed by atoms with Crippen LogP contribution in [-0.4, -0.2) is 44.1 Å². The van der Waals surface area contributed by atoms with E-state index in [4.69, 9.17) is 0 Å². The predicted molar refractivity (Wildman–Crippen MR) is 103 cm³/mol. The number of nitrogens with one attached hydrogen (secondary N) is 2. The number of hydrogen-bond donors (Lipinski definition) is 2. The number of halogens is 1. The first-order valence-corrected chi connectivity index (χ1v) is 9.60. The van der Waals surface area contributed by atoms with Crippen molar-refractivity contribution in [1.82, 2.24) is 15.5 Å². The monoisotopic (exact) mass is 360 g/mol. The van der Waals surface area contributed by atoms with Crippen molar-refractivity contribution in [3.63, 3.8) is 0 Å². The fraction of sp³-hybridized carbons (Fsp3) is 0.421. The first kappa shape index (κ1) is 17.9. The van der Waals surface area contributed by atoms with Crippen molar-refractivity contribution in [2.24, 2.45) is 4.99 Å². The Labute approximate surface area is 152 Å². The molecule has 1 aliphatic rings. The van der Waals surface area contributed by atoms with E-state index in [0.717, 1.165) is 44.1 Å². The summed E-state index contributed by atoms with van der Waals surface area (Å²) in [6, 6.07) is 9.14. The molecule has 1 aromatic carbocycles. The molecule has 0 saturated heterocycles. The van der Waals surface area contributed by atoms with E-state index in [1.54, 1.807) is 13.1 Å². The lowest BCUT2D eigenvalue weighted by atomic mass is 10.1. The largest absolute Gasteiger partial charge is 0.356 e. The van der Waals surface area contributed by atoms with Crippen molar-refractivity contribution in [3.05, 3.63) is 57.5 Å². The maximum Gasteiger partial charge on any atom is 0.191 e. The predicted octanol–water partition coefficient (Wildman–Crippen LogP) is 2.65. The molecule has 0 atom stereocenters. The molecule has 134 valence electrons. The molecule has 3 rings (SSSR count). The van der Waals surface area contributed by atoms with Gasteiger partial charge in [-0.1, -0.05) is 18.2 Å². The number of aliphatic imine (C=N–C) groups is 1. The van der Waals surface area contributed by atoms with E-state index in [1.807, 2.05) is 23.5 Å². The molecule has 1 aromatic heterocycles. The zero-order valence-corrected chi connectivity index (χ0v) is 15.4. The van der Waals surface area contributed by atoms with E-state index < -0.39 is 0 Å². The molecule has 0 amide bonds. The van der Waals surface area contributed by atoms with Crippen LogP contribution in [0.1, 0.15) is 16.0 Å². The maximum atomic E-state index is 13.6. The third-order valence-corrected chi connectivity index (χ3v) is 5.50.